The van der Waals surface area contributed by atoms with Crippen molar-refractivity contribution in [3.8, 4) is 0 Å². The fourth-order valence-corrected chi connectivity index (χ4v) is 3.66. The van der Waals surface area contributed by atoms with Crippen molar-refractivity contribution in [1.29, 1.82) is 0 Å². The summed E-state index contributed by atoms with van der Waals surface area (Å²) in [5.41, 5.74) is 1.55. The van der Waals surface area contributed by atoms with E-state index in [2.05, 4.69) is 10.3 Å². The molecule has 0 aliphatic carbocycles. The highest BCUT2D eigenvalue weighted by molar-refractivity contribution is 7.91. The number of aromatic nitrogens is 1. The molecule has 0 radical (unpaired) electrons. The molecule has 1 aromatic carbocycles. The van der Waals surface area contributed by atoms with Crippen LogP contribution in [0.15, 0.2) is 28.7 Å². The molecule has 5 nitrogen and oxygen atoms in total. The van der Waals surface area contributed by atoms with Gasteiger partial charge in [0.1, 0.15) is 5.52 Å². The van der Waals surface area contributed by atoms with Crippen LogP contribution in [0.3, 0.4) is 0 Å². The van der Waals surface area contributed by atoms with E-state index in [0.29, 0.717) is 18.9 Å². The molecule has 0 saturated carbocycles. The third-order valence-electron chi connectivity index (χ3n) is 3.06. The van der Waals surface area contributed by atoms with Gasteiger partial charge in [-0.05, 0) is 12.1 Å². The van der Waals surface area contributed by atoms with Crippen molar-refractivity contribution in [2.45, 2.75) is 12.5 Å². The average Bonchev–Trinajstić information content (AvgIpc) is 2.69. The van der Waals surface area contributed by atoms with Gasteiger partial charge < -0.3 is 9.73 Å². The minimum absolute atomic E-state index is 0.100. The molecule has 1 N–H and O–H groups in total. The molecule has 0 spiro atoms. The van der Waals surface area contributed by atoms with Crippen molar-refractivity contribution < 1.29 is 12.8 Å². The van der Waals surface area contributed by atoms with Gasteiger partial charge in [-0.25, -0.2) is 13.4 Å². The predicted molar refractivity (Wildman–Crippen MR) is 68.2 cm³/mol. The number of oxazole rings is 1. The summed E-state index contributed by atoms with van der Waals surface area (Å²) in [5.74, 6) is 0.966. The summed E-state index contributed by atoms with van der Waals surface area (Å²) in [6.45, 7) is 0.507. The Morgan fingerprint density at radius 3 is 3.00 bits per heavy atom. The number of hydrogen-bond acceptors (Lipinski definition) is 5. The van der Waals surface area contributed by atoms with Gasteiger partial charge in [-0.3, -0.25) is 0 Å². The molecule has 2 heterocycles. The lowest BCUT2D eigenvalue weighted by atomic mass is 10.2. The molecule has 1 aliphatic heterocycles. The molecule has 0 amide bonds. The van der Waals surface area contributed by atoms with Gasteiger partial charge in [-0.2, -0.15) is 0 Å². The summed E-state index contributed by atoms with van der Waals surface area (Å²) in [7, 11) is -2.91. The highest BCUT2D eigenvalue weighted by atomic mass is 32.2. The first kappa shape index (κ1) is 11.7. The van der Waals surface area contributed by atoms with Gasteiger partial charge in [0.05, 0.1) is 11.5 Å². The zero-order valence-corrected chi connectivity index (χ0v) is 10.6. The van der Waals surface area contributed by atoms with Crippen LogP contribution in [0.25, 0.3) is 11.1 Å². The molecule has 1 aromatic heterocycles. The van der Waals surface area contributed by atoms with Crippen molar-refractivity contribution in [2.75, 3.05) is 18.1 Å². The van der Waals surface area contributed by atoms with E-state index >= 15 is 0 Å². The Labute approximate surface area is 105 Å². The van der Waals surface area contributed by atoms with E-state index in [9.17, 15) is 8.42 Å². The van der Waals surface area contributed by atoms with Crippen molar-refractivity contribution >= 4 is 20.9 Å². The van der Waals surface area contributed by atoms with E-state index in [1.54, 1.807) is 0 Å². The van der Waals surface area contributed by atoms with Crippen LogP contribution in [0, 0.1) is 0 Å². The van der Waals surface area contributed by atoms with Gasteiger partial charge in [0.25, 0.3) is 0 Å². The van der Waals surface area contributed by atoms with Crippen molar-refractivity contribution in [3.05, 3.63) is 30.2 Å². The number of hydrogen-bond donors (Lipinski definition) is 1. The molecule has 1 saturated heterocycles. The quantitative estimate of drug-likeness (QED) is 0.868. The summed E-state index contributed by atoms with van der Waals surface area (Å²) in [6, 6.07) is 7.43. The first-order chi connectivity index (χ1) is 8.62. The molecule has 1 unspecified atom stereocenters. The normalized spacial score (nSPS) is 23.2. The second kappa shape index (κ2) is 4.37. The summed E-state index contributed by atoms with van der Waals surface area (Å²) in [6.07, 6.45) is 0.508. The number of rotatable bonds is 2. The second-order valence-electron chi connectivity index (χ2n) is 4.54. The van der Waals surface area contributed by atoms with Crippen LogP contribution in [0.2, 0.25) is 0 Å². The zero-order chi connectivity index (χ0) is 12.6. The van der Waals surface area contributed by atoms with E-state index in [-0.39, 0.29) is 17.5 Å². The van der Waals surface area contributed by atoms with Crippen molar-refractivity contribution in [1.82, 2.24) is 10.3 Å². The molecule has 96 valence electrons. The van der Waals surface area contributed by atoms with Gasteiger partial charge in [0.2, 0.25) is 0 Å². The number of nitrogens with zero attached hydrogens (tertiary/aromatic N) is 1. The number of sulfone groups is 1. The first-order valence-corrected chi connectivity index (χ1v) is 7.73. The van der Waals surface area contributed by atoms with Crippen LogP contribution < -0.4 is 5.32 Å². The number of fused-ring (bicyclic) bond motifs is 1. The van der Waals surface area contributed by atoms with Gasteiger partial charge in [-0.15, -0.1) is 0 Å². The van der Waals surface area contributed by atoms with Crippen LogP contribution in [0.1, 0.15) is 5.89 Å². The molecular weight excluding hydrogens is 252 g/mol. The van der Waals surface area contributed by atoms with Crippen LogP contribution >= 0.6 is 0 Å². The maximum absolute atomic E-state index is 11.5. The molecule has 2 aromatic rings. The smallest absolute Gasteiger partial charge is 0.197 e. The Morgan fingerprint density at radius 1 is 1.39 bits per heavy atom. The number of benzene rings is 1. The second-order valence-corrected chi connectivity index (χ2v) is 6.77. The lowest BCUT2D eigenvalue weighted by Crippen LogP contribution is -2.46. The highest BCUT2D eigenvalue weighted by Crippen LogP contribution is 2.16. The molecule has 1 fully saturated rings. The van der Waals surface area contributed by atoms with E-state index in [0.717, 1.165) is 11.1 Å². The number of nitrogens with one attached hydrogen (secondary N) is 1. The molecule has 1 aliphatic rings. The van der Waals surface area contributed by atoms with Crippen molar-refractivity contribution in [2.24, 2.45) is 0 Å². The maximum atomic E-state index is 11.5. The number of para-hydroxylation sites is 2. The summed E-state index contributed by atoms with van der Waals surface area (Å²) >= 11 is 0. The third-order valence-corrected chi connectivity index (χ3v) is 4.80. The molecular formula is C12H14N2O3S. The first-order valence-electron chi connectivity index (χ1n) is 5.91. The van der Waals surface area contributed by atoms with Crippen molar-refractivity contribution in [3.63, 3.8) is 0 Å². The third kappa shape index (κ3) is 2.39. The van der Waals surface area contributed by atoms with E-state index in [4.69, 9.17) is 4.42 Å². The Bertz CT molecular complexity index is 630. The topological polar surface area (TPSA) is 72.2 Å². The Balaban J connectivity index is 1.80. The molecule has 1 atom stereocenters. The molecule has 6 heteroatoms. The Kier molecular flexibility index (Phi) is 2.83. The molecule has 18 heavy (non-hydrogen) atoms. The standard InChI is InChI=1S/C12H14N2O3S/c15-18(16)6-5-13-9(8-18)7-12-14-10-3-1-2-4-11(10)17-12/h1-4,9,13H,5-8H2. The summed E-state index contributed by atoms with van der Waals surface area (Å²) < 4.78 is 28.7. The van der Waals surface area contributed by atoms with Crippen LogP contribution in [-0.2, 0) is 16.3 Å². The minimum Gasteiger partial charge on any atom is -0.441 e. The van der Waals surface area contributed by atoms with Crippen LogP contribution in [0.5, 0.6) is 0 Å². The van der Waals surface area contributed by atoms with E-state index < -0.39 is 9.84 Å². The largest absolute Gasteiger partial charge is 0.441 e. The fourth-order valence-electron chi connectivity index (χ4n) is 2.22. The lowest BCUT2D eigenvalue weighted by Gasteiger charge is -2.22. The monoisotopic (exact) mass is 266 g/mol. The van der Waals surface area contributed by atoms with Gasteiger partial charge in [0, 0.05) is 19.0 Å². The Morgan fingerprint density at radius 2 is 2.22 bits per heavy atom. The average molecular weight is 266 g/mol. The van der Waals surface area contributed by atoms with Gasteiger partial charge in [-0.1, -0.05) is 12.1 Å². The molecule has 3 rings (SSSR count). The van der Waals surface area contributed by atoms with Gasteiger partial charge in [0.15, 0.2) is 21.3 Å². The maximum Gasteiger partial charge on any atom is 0.197 e. The minimum atomic E-state index is -2.91. The highest BCUT2D eigenvalue weighted by Gasteiger charge is 2.25. The van der Waals surface area contributed by atoms with E-state index in [1.165, 1.54) is 0 Å². The fraction of sp³-hybridized carbons (Fsp3) is 0.417. The zero-order valence-electron chi connectivity index (χ0n) is 9.80. The lowest BCUT2D eigenvalue weighted by molar-refractivity contribution is 0.457. The Hall–Kier alpha value is -1.40. The van der Waals surface area contributed by atoms with Crippen LogP contribution in [0.4, 0.5) is 0 Å². The van der Waals surface area contributed by atoms with E-state index in [1.807, 2.05) is 24.3 Å². The SMILES string of the molecule is O=S1(=O)CCNC(Cc2nc3ccccc3o2)C1. The summed E-state index contributed by atoms with van der Waals surface area (Å²) in [5, 5.41) is 3.19. The predicted octanol–water partition coefficient (Wildman–Crippen LogP) is 0.757. The van der Waals surface area contributed by atoms with Crippen LogP contribution in [-0.4, -0.2) is 37.5 Å². The van der Waals surface area contributed by atoms with Gasteiger partial charge >= 0.3 is 0 Å². The molecule has 0 bridgehead atoms. The summed E-state index contributed by atoms with van der Waals surface area (Å²) in [4.78, 5) is 4.35.